The molecule has 2 aromatic rings. The van der Waals surface area contributed by atoms with Crippen LogP contribution < -0.4 is 5.32 Å². The zero-order valence-electron chi connectivity index (χ0n) is 18.7. The maximum absolute atomic E-state index is 12.5. The molecule has 1 aliphatic heterocycles. The molecule has 2 amide bonds. The molecule has 2 aromatic carbocycles. The topological polar surface area (TPSA) is 116 Å². The van der Waals surface area contributed by atoms with Crippen molar-refractivity contribution in [2.45, 2.75) is 49.8 Å². The molecule has 1 saturated carbocycles. The molecule has 0 spiro atoms. The van der Waals surface area contributed by atoms with Crippen LogP contribution in [0.4, 0.5) is 4.79 Å². The Kier molecular flexibility index (Phi) is 6.00. The monoisotopic (exact) mass is 464 g/mol. The number of aliphatic hydroxyl groups excluding tert-OH is 1. The highest BCUT2D eigenvalue weighted by Crippen LogP contribution is 2.44. The maximum atomic E-state index is 12.5. The van der Waals surface area contributed by atoms with Crippen molar-refractivity contribution in [2.75, 3.05) is 13.2 Å². The Morgan fingerprint density at radius 2 is 1.59 bits per heavy atom. The first-order chi connectivity index (χ1) is 16.4. The average Bonchev–Trinajstić information content (AvgIpc) is 3.34. The molecule has 3 aliphatic rings. The predicted molar refractivity (Wildman–Crippen MR) is 123 cm³/mol. The molecule has 1 heterocycles. The summed E-state index contributed by atoms with van der Waals surface area (Å²) in [6.45, 7) is 0.312. The van der Waals surface area contributed by atoms with Gasteiger partial charge < -0.3 is 25.2 Å². The fourth-order valence-corrected chi connectivity index (χ4v) is 5.51. The number of carboxylic acid groups (broad SMARTS) is 1. The molecule has 0 radical (unpaired) electrons. The van der Waals surface area contributed by atoms with Crippen LogP contribution in [-0.2, 0) is 14.3 Å². The number of alkyl carbamates (subject to hydrolysis) is 1. The number of hydrogen-bond acceptors (Lipinski definition) is 5. The van der Waals surface area contributed by atoms with Crippen molar-refractivity contribution < 1.29 is 29.3 Å². The molecule has 0 bridgehead atoms. The van der Waals surface area contributed by atoms with Gasteiger partial charge in [-0.2, -0.15) is 0 Å². The third kappa shape index (κ3) is 4.25. The van der Waals surface area contributed by atoms with Crippen LogP contribution in [0.1, 0.15) is 42.7 Å². The van der Waals surface area contributed by atoms with E-state index in [2.05, 4.69) is 29.6 Å². The van der Waals surface area contributed by atoms with E-state index >= 15 is 0 Å². The van der Waals surface area contributed by atoms with E-state index < -0.39 is 24.2 Å². The summed E-state index contributed by atoms with van der Waals surface area (Å²) >= 11 is 0. The number of nitrogens with zero attached hydrogens (tertiary/aromatic N) is 1. The number of benzene rings is 2. The van der Waals surface area contributed by atoms with E-state index in [1.807, 2.05) is 24.3 Å². The van der Waals surface area contributed by atoms with E-state index in [4.69, 9.17) is 4.74 Å². The average molecular weight is 465 g/mol. The Bertz CT molecular complexity index is 1070. The van der Waals surface area contributed by atoms with E-state index in [9.17, 15) is 24.6 Å². The highest BCUT2D eigenvalue weighted by Gasteiger charge is 2.41. The summed E-state index contributed by atoms with van der Waals surface area (Å²) in [5.74, 6) is -1.26. The minimum absolute atomic E-state index is 0.00269. The Hall–Kier alpha value is -3.39. The third-order valence-corrected chi connectivity index (χ3v) is 7.25. The molecule has 0 aromatic heterocycles. The van der Waals surface area contributed by atoms with Crippen LogP contribution in [0.2, 0.25) is 0 Å². The van der Waals surface area contributed by atoms with Crippen LogP contribution in [0.15, 0.2) is 48.5 Å². The molecule has 1 saturated heterocycles. The summed E-state index contributed by atoms with van der Waals surface area (Å²) in [7, 11) is 0. The van der Waals surface area contributed by atoms with Gasteiger partial charge in [0.25, 0.3) is 0 Å². The number of fused-ring (bicyclic) bond motifs is 3. The number of aliphatic hydroxyl groups is 1. The van der Waals surface area contributed by atoms with Crippen LogP contribution in [-0.4, -0.2) is 64.4 Å². The predicted octanol–water partition coefficient (Wildman–Crippen LogP) is 2.74. The van der Waals surface area contributed by atoms with Crippen LogP contribution in [0, 0.1) is 5.92 Å². The number of carbonyl (C=O) groups excluding carboxylic acids is 2. The summed E-state index contributed by atoms with van der Waals surface area (Å²) in [6.07, 6.45) is 0.310. The first-order valence-corrected chi connectivity index (χ1v) is 11.7. The van der Waals surface area contributed by atoms with E-state index in [0.717, 1.165) is 11.1 Å². The van der Waals surface area contributed by atoms with Gasteiger partial charge in [0.2, 0.25) is 5.91 Å². The zero-order chi connectivity index (χ0) is 23.8. The number of carboxylic acids is 1. The van der Waals surface area contributed by atoms with Crippen molar-refractivity contribution >= 4 is 18.0 Å². The number of likely N-dealkylation sites (tertiary alicyclic amines) is 1. The van der Waals surface area contributed by atoms with Crippen molar-refractivity contribution in [3.05, 3.63) is 59.7 Å². The number of rotatable bonds is 6. The highest BCUT2D eigenvalue weighted by atomic mass is 16.5. The fourth-order valence-electron chi connectivity index (χ4n) is 5.51. The second-order valence-electron chi connectivity index (χ2n) is 9.50. The number of nitrogens with one attached hydrogen (secondary N) is 1. The molecule has 3 N–H and O–H groups in total. The van der Waals surface area contributed by atoms with Crippen molar-refractivity contribution in [1.29, 1.82) is 0 Å². The molecule has 2 unspecified atom stereocenters. The first kappa shape index (κ1) is 22.4. The van der Waals surface area contributed by atoms with Crippen LogP contribution in [0.3, 0.4) is 0 Å². The third-order valence-electron chi connectivity index (χ3n) is 7.25. The van der Waals surface area contributed by atoms with Gasteiger partial charge >= 0.3 is 12.1 Å². The van der Waals surface area contributed by atoms with Crippen molar-refractivity contribution in [3.8, 4) is 11.1 Å². The summed E-state index contributed by atoms with van der Waals surface area (Å²) in [4.78, 5) is 37.5. The summed E-state index contributed by atoms with van der Waals surface area (Å²) in [6, 6.07) is 15.3. The van der Waals surface area contributed by atoms with E-state index in [-0.39, 0.29) is 49.8 Å². The lowest BCUT2D eigenvalue weighted by atomic mass is 9.78. The standard InChI is InChI=1S/C26H28N2O6/c29-17-12-23(25(31)32)28(13-17)24(30)11-15-9-16(10-15)27-26(33)34-14-22-20-7-3-1-5-18(20)19-6-2-4-8-21(19)22/h1-8,15-17,22-23,29H,9-14H2,(H,27,33)(H,31,32). The lowest BCUT2D eigenvalue weighted by Gasteiger charge is -2.36. The summed E-state index contributed by atoms with van der Waals surface area (Å²) in [5.41, 5.74) is 4.67. The van der Waals surface area contributed by atoms with Crippen molar-refractivity contribution in [1.82, 2.24) is 10.2 Å². The van der Waals surface area contributed by atoms with Crippen LogP contribution >= 0.6 is 0 Å². The second kappa shape index (κ2) is 9.10. The summed E-state index contributed by atoms with van der Waals surface area (Å²) in [5, 5.41) is 21.9. The number of hydrogen-bond donors (Lipinski definition) is 3. The van der Waals surface area contributed by atoms with Gasteiger partial charge in [-0.1, -0.05) is 48.5 Å². The van der Waals surface area contributed by atoms with Gasteiger partial charge in [0, 0.05) is 31.3 Å². The Balaban J connectivity index is 1.09. The number of amides is 2. The maximum Gasteiger partial charge on any atom is 0.407 e. The Labute approximate surface area is 197 Å². The van der Waals surface area contributed by atoms with E-state index in [1.165, 1.54) is 16.0 Å². The molecule has 2 atom stereocenters. The van der Waals surface area contributed by atoms with Gasteiger partial charge in [-0.15, -0.1) is 0 Å². The minimum atomic E-state index is -1.09. The fraction of sp³-hybridized carbons (Fsp3) is 0.423. The minimum Gasteiger partial charge on any atom is -0.480 e. The lowest BCUT2D eigenvalue weighted by Crippen LogP contribution is -2.47. The molecule has 8 nitrogen and oxygen atoms in total. The largest absolute Gasteiger partial charge is 0.480 e. The van der Waals surface area contributed by atoms with Gasteiger partial charge in [0.05, 0.1) is 6.10 Å². The SMILES string of the molecule is O=C(NC1CC(CC(=O)N2CC(O)CC2C(=O)O)C1)OCC1c2ccccc2-c2ccccc21. The van der Waals surface area contributed by atoms with Gasteiger partial charge in [-0.05, 0) is 41.0 Å². The number of β-amino-alcohol motifs (C(OH)–C–C–N with tert-alkyl or cyclic N) is 1. The molecule has 34 heavy (non-hydrogen) atoms. The first-order valence-electron chi connectivity index (χ1n) is 11.7. The molecule has 8 heteroatoms. The molecule has 2 aliphatic carbocycles. The molecule has 5 rings (SSSR count). The summed E-state index contributed by atoms with van der Waals surface area (Å²) < 4.78 is 5.58. The highest BCUT2D eigenvalue weighted by molar-refractivity contribution is 5.84. The molecular weight excluding hydrogens is 436 g/mol. The number of ether oxygens (including phenoxy) is 1. The number of carbonyl (C=O) groups is 3. The number of aliphatic carboxylic acids is 1. The van der Waals surface area contributed by atoms with Crippen molar-refractivity contribution in [2.24, 2.45) is 5.92 Å². The normalized spacial score (nSPS) is 25.3. The quantitative estimate of drug-likeness (QED) is 0.605. The second-order valence-corrected chi connectivity index (χ2v) is 9.50. The van der Waals surface area contributed by atoms with Gasteiger partial charge in [0.1, 0.15) is 12.6 Å². The van der Waals surface area contributed by atoms with Crippen molar-refractivity contribution in [3.63, 3.8) is 0 Å². The molecule has 2 fully saturated rings. The zero-order valence-corrected chi connectivity index (χ0v) is 18.7. The van der Waals surface area contributed by atoms with Gasteiger partial charge in [0.15, 0.2) is 0 Å². The van der Waals surface area contributed by atoms with Gasteiger partial charge in [-0.3, -0.25) is 4.79 Å². The van der Waals surface area contributed by atoms with Gasteiger partial charge in [-0.25, -0.2) is 9.59 Å². The Morgan fingerprint density at radius 3 is 2.21 bits per heavy atom. The smallest absolute Gasteiger partial charge is 0.407 e. The lowest BCUT2D eigenvalue weighted by molar-refractivity contribution is -0.148. The van der Waals surface area contributed by atoms with Crippen LogP contribution in [0.5, 0.6) is 0 Å². The van der Waals surface area contributed by atoms with Crippen LogP contribution in [0.25, 0.3) is 11.1 Å². The van der Waals surface area contributed by atoms with E-state index in [1.54, 1.807) is 0 Å². The molecule has 178 valence electrons. The Morgan fingerprint density at radius 1 is 0.971 bits per heavy atom. The van der Waals surface area contributed by atoms with E-state index in [0.29, 0.717) is 12.8 Å². The molecular formula is C26H28N2O6.